The van der Waals surface area contributed by atoms with Gasteiger partial charge in [-0.15, -0.1) is 11.3 Å². The summed E-state index contributed by atoms with van der Waals surface area (Å²) < 4.78 is 16.8. The highest BCUT2D eigenvalue weighted by Gasteiger charge is 2.47. The van der Waals surface area contributed by atoms with E-state index in [0.29, 0.717) is 29.2 Å². The van der Waals surface area contributed by atoms with E-state index in [2.05, 4.69) is 0 Å². The van der Waals surface area contributed by atoms with Crippen LogP contribution in [0, 0.1) is 0 Å². The Hall–Kier alpha value is -3.78. The SMILES string of the molecule is COc1cccc(C2/C(=C(\O)c3ccc4c(c3)CCCO4)C(=O)C(=O)N2Cc2cccs2)c1OC. The van der Waals surface area contributed by atoms with E-state index in [9.17, 15) is 14.7 Å². The van der Waals surface area contributed by atoms with Crippen LogP contribution in [0.4, 0.5) is 0 Å². The number of hydrogen-bond acceptors (Lipinski definition) is 7. The molecule has 0 radical (unpaired) electrons. The van der Waals surface area contributed by atoms with Crippen molar-refractivity contribution in [2.24, 2.45) is 0 Å². The zero-order valence-electron chi connectivity index (χ0n) is 19.4. The average molecular weight is 492 g/mol. The Kier molecular flexibility index (Phi) is 6.21. The minimum Gasteiger partial charge on any atom is -0.507 e. The molecule has 0 spiro atoms. The summed E-state index contributed by atoms with van der Waals surface area (Å²) in [5, 5.41) is 13.4. The Morgan fingerprint density at radius 3 is 2.74 bits per heavy atom. The molecular weight excluding hydrogens is 466 g/mol. The van der Waals surface area contributed by atoms with Gasteiger partial charge in [0.1, 0.15) is 11.5 Å². The highest BCUT2D eigenvalue weighted by molar-refractivity contribution is 7.09. The number of likely N-dealkylation sites (tertiary alicyclic amines) is 1. The van der Waals surface area contributed by atoms with Gasteiger partial charge in [-0.1, -0.05) is 18.2 Å². The van der Waals surface area contributed by atoms with Gasteiger partial charge in [0.15, 0.2) is 11.5 Å². The number of carbonyl (C=O) groups excluding carboxylic acids is 2. The van der Waals surface area contributed by atoms with Crippen LogP contribution < -0.4 is 14.2 Å². The molecule has 7 nitrogen and oxygen atoms in total. The summed E-state index contributed by atoms with van der Waals surface area (Å²) in [5.41, 5.74) is 2.01. The number of Topliss-reactive ketones (excluding diaryl/α,β-unsaturated/α-hetero) is 1. The molecule has 2 aromatic carbocycles. The fourth-order valence-corrected chi connectivity index (χ4v) is 5.43. The van der Waals surface area contributed by atoms with Crippen molar-refractivity contribution >= 4 is 28.8 Å². The summed E-state index contributed by atoms with van der Waals surface area (Å²) >= 11 is 1.50. The number of aliphatic hydroxyl groups is 1. The zero-order chi connectivity index (χ0) is 24.5. The number of aryl methyl sites for hydroxylation is 1. The third-order valence-electron chi connectivity index (χ3n) is 6.36. The predicted octanol–water partition coefficient (Wildman–Crippen LogP) is 4.71. The second-order valence-electron chi connectivity index (χ2n) is 8.36. The Balaban J connectivity index is 1.69. The minimum absolute atomic E-state index is 0.0230. The molecule has 1 unspecified atom stereocenters. The van der Waals surface area contributed by atoms with Gasteiger partial charge in [0.2, 0.25) is 0 Å². The first-order chi connectivity index (χ1) is 17.0. The number of ether oxygens (including phenoxy) is 3. The standard InChI is InChI=1S/C27H25NO6S/c1-32-21-9-3-8-19(26(21)33-2)23-22(25(30)27(31)28(23)15-18-7-5-13-35-18)24(29)17-10-11-20-16(14-17)6-4-12-34-20/h3,5,7-11,13-14,23,29H,4,6,12,15H2,1-2H3/b24-22+. The number of ketones is 1. The summed E-state index contributed by atoms with van der Waals surface area (Å²) in [6, 6.07) is 13.6. The molecule has 2 aliphatic rings. The van der Waals surface area contributed by atoms with Crippen molar-refractivity contribution in [3.05, 3.63) is 81.1 Å². The van der Waals surface area contributed by atoms with Crippen molar-refractivity contribution in [1.29, 1.82) is 0 Å². The first kappa shape index (κ1) is 23.0. The van der Waals surface area contributed by atoms with Crippen LogP contribution in [0.15, 0.2) is 59.5 Å². The van der Waals surface area contributed by atoms with E-state index >= 15 is 0 Å². The lowest BCUT2D eigenvalue weighted by atomic mass is 9.93. The minimum atomic E-state index is -0.852. The molecule has 35 heavy (non-hydrogen) atoms. The van der Waals surface area contributed by atoms with E-state index in [1.54, 1.807) is 30.3 Å². The molecule has 0 bridgehead atoms. The van der Waals surface area contributed by atoms with Gasteiger partial charge in [-0.2, -0.15) is 0 Å². The molecule has 1 amide bonds. The van der Waals surface area contributed by atoms with Gasteiger partial charge in [0.05, 0.1) is 39.0 Å². The molecule has 0 saturated carbocycles. The monoisotopic (exact) mass is 491 g/mol. The highest BCUT2D eigenvalue weighted by atomic mass is 32.1. The second kappa shape index (κ2) is 9.46. The lowest BCUT2D eigenvalue weighted by Gasteiger charge is -2.27. The molecule has 5 rings (SSSR count). The predicted molar refractivity (Wildman–Crippen MR) is 132 cm³/mol. The molecule has 1 fully saturated rings. The maximum absolute atomic E-state index is 13.4. The topological polar surface area (TPSA) is 85.3 Å². The van der Waals surface area contributed by atoms with Crippen LogP contribution in [0.2, 0.25) is 0 Å². The number of rotatable bonds is 6. The van der Waals surface area contributed by atoms with Crippen molar-refractivity contribution in [3.63, 3.8) is 0 Å². The maximum Gasteiger partial charge on any atom is 0.295 e. The van der Waals surface area contributed by atoms with Crippen molar-refractivity contribution < 1.29 is 28.9 Å². The number of amides is 1. The van der Waals surface area contributed by atoms with Crippen LogP contribution >= 0.6 is 11.3 Å². The smallest absolute Gasteiger partial charge is 0.295 e. The molecule has 0 aliphatic carbocycles. The van der Waals surface area contributed by atoms with Crippen LogP contribution in [0.3, 0.4) is 0 Å². The molecule has 3 heterocycles. The van der Waals surface area contributed by atoms with E-state index in [0.717, 1.165) is 29.0 Å². The lowest BCUT2D eigenvalue weighted by Crippen LogP contribution is -2.29. The van der Waals surface area contributed by atoms with Gasteiger partial charge in [-0.25, -0.2) is 0 Å². The molecule has 1 N–H and O–H groups in total. The molecular formula is C27H25NO6S. The summed E-state index contributed by atoms with van der Waals surface area (Å²) in [4.78, 5) is 29.1. The number of para-hydroxylation sites is 1. The van der Waals surface area contributed by atoms with Crippen LogP contribution in [0.5, 0.6) is 17.2 Å². The molecule has 8 heteroatoms. The van der Waals surface area contributed by atoms with Gasteiger partial charge in [0, 0.05) is 16.0 Å². The molecule has 1 saturated heterocycles. The number of hydrogen-bond donors (Lipinski definition) is 1. The van der Waals surface area contributed by atoms with E-state index in [1.165, 1.54) is 30.5 Å². The Labute approximate surface area is 207 Å². The van der Waals surface area contributed by atoms with Crippen LogP contribution in [-0.4, -0.2) is 42.5 Å². The lowest BCUT2D eigenvalue weighted by molar-refractivity contribution is -0.140. The summed E-state index contributed by atoms with van der Waals surface area (Å²) in [7, 11) is 3.04. The Morgan fingerprint density at radius 1 is 1.14 bits per heavy atom. The third kappa shape index (κ3) is 4.04. The highest BCUT2D eigenvalue weighted by Crippen LogP contribution is 2.46. The first-order valence-electron chi connectivity index (χ1n) is 11.3. The van der Waals surface area contributed by atoms with E-state index in [1.807, 2.05) is 23.6 Å². The number of thiophene rings is 1. The quantitative estimate of drug-likeness (QED) is 0.305. The number of fused-ring (bicyclic) bond motifs is 1. The summed E-state index contributed by atoms with van der Waals surface area (Å²) in [6.07, 6.45) is 1.69. The Morgan fingerprint density at radius 2 is 2.00 bits per heavy atom. The second-order valence-corrected chi connectivity index (χ2v) is 9.40. The van der Waals surface area contributed by atoms with Crippen LogP contribution in [0.25, 0.3) is 5.76 Å². The third-order valence-corrected chi connectivity index (χ3v) is 7.22. The molecule has 180 valence electrons. The van der Waals surface area contributed by atoms with Crippen molar-refractivity contribution in [2.75, 3.05) is 20.8 Å². The number of benzene rings is 2. The van der Waals surface area contributed by atoms with Crippen LogP contribution in [-0.2, 0) is 22.6 Å². The van der Waals surface area contributed by atoms with E-state index in [4.69, 9.17) is 14.2 Å². The summed E-state index contributed by atoms with van der Waals surface area (Å²) in [5.74, 6) is 0.0247. The number of nitrogens with zero attached hydrogens (tertiary/aromatic N) is 1. The summed E-state index contributed by atoms with van der Waals surface area (Å²) in [6.45, 7) is 0.879. The zero-order valence-corrected chi connectivity index (χ0v) is 20.3. The average Bonchev–Trinajstić information content (AvgIpc) is 3.49. The van der Waals surface area contributed by atoms with E-state index < -0.39 is 17.7 Å². The van der Waals surface area contributed by atoms with Gasteiger partial charge < -0.3 is 24.2 Å². The molecule has 3 aromatic rings. The van der Waals surface area contributed by atoms with Crippen LogP contribution in [0.1, 0.15) is 34.0 Å². The number of carbonyl (C=O) groups is 2. The largest absolute Gasteiger partial charge is 0.507 e. The normalized spacial score (nSPS) is 18.8. The van der Waals surface area contributed by atoms with Crippen molar-refractivity contribution in [3.8, 4) is 17.2 Å². The first-order valence-corrected chi connectivity index (χ1v) is 12.2. The molecule has 1 aromatic heterocycles. The van der Waals surface area contributed by atoms with Crippen molar-refractivity contribution in [1.82, 2.24) is 4.90 Å². The number of methoxy groups -OCH3 is 2. The fraction of sp³-hybridized carbons (Fsp3) is 0.259. The van der Waals surface area contributed by atoms with Gasteiger partial charge >= 0.3 is 0 Å². The Bertz CT molecular complexity index is 1310. The molecule has 2 aliphatic heterocycles. The van der Waals surface area contributed by atoms with Gasteiger partial charge in [0.25, 0.3) is 11.7 Å². The fourth-order valence-electron chi connectivity index (χ4n) is 4.73. The maximum atomic E-state index is 13.4. The molecule has 1 atom stereocenters. The van der Waals surface area contributed by atoms with Gasteiger partial charge in [-0.3, -0.25) is 9.59 Å². The number of aliphatic hydroxyl groups excluding tert-OH is 1. The van der Waals surface area contributed by atoms with E-state index in [-0.39, 0.29) is 17.9 Å². The van der Waals surface area contributed by atoms with Crippen molar-refractivity contribution in [2.45, 2.75) is 25.4 Å². The van der Waals surface area contributed by atoms with Gasteiger partial charge in [-0.05, 0) is 54.1 Å².